The lowest BCUT2D eigenvalue weighted by molar-refractivity contribution is 0.243. The lowest BCUT2D eigenvalue weighted by atomic mass is 10.0. The molecule has 3 fully saturated rings. The highest BCUT2D eigenvalue weighted by molar-refractivity contribution is 7.83. The average molecular weight is 451 g/mol. The zero-order valence-corrected chi connectivity index (χ0v) is 20.8. The van der Waals surface area contributed by atoms with E-state index in [1.165, 1.54) is 38.5 Å². The molecule has 32 heavy (non-hydrogen) atoms. The minimum Gasteiger partial charge on any atom is -0.496 e. The van der Waals surface area contributed by atoms with Gasteiger partial charge in [0.25, 0.3) is 0 Å². The third-order valence-corrected chi connectivity index (χ3v) is 8.24. The van der Waals surface area contributed by atoms with Crippen LogP contribution in [0.1, 0.15) is 70.6 Å². The summed E-state index contributed by atoms with van der Waals surface area (Å²) in [7, 11) is 1.70. The molecule has 5 rings (SSSR count). The summed E-state index contributed by atoms with van der Waals surface area (Å²) in [5, 5.41) is 2.83. The highest BCUT2D eigenvalue weighted by atomic mass is 32.1. The van der Waals surface area contributed by atoms with E-state index in [2.05, 4.69) is 45.5 Å². The maximum atomic E-state index is 6.73. The third kappa shape index (κ3) is 3.72. The van der Waals surface area contributed by atoms with Crippen molar-refractivity contribution < 1.29 is 9.47 Å². The summed E-state index contributed by atoms with van der Waals surface area (Å²) in [5.41, 5.74) is 5.70. The molecule has 2 unspecified atom stereocenters. The number of aliphatic imine (C=N–C) groups is 1. The van der Waals surface area contributed by atoms with Crippen LogP contribution < -0.4 is 9.47 Å². The summed E-state index contributed by atoms with van der Waals surface area (Å²) < 4.78 is 12.3. The monoisotopic (exact) mass is 450 g/mol. The molecule has 0 saturated heterocycles. The zero-order chi connectivity index (χ0) is 22.7. The molecule has 4 nitrogen and oxygen atoms in total. The lowest BCUT2D eigenvalue weighted by Crippen LogP contribution is -2.11. The fraction of sp³-hybridized carbons (Fsp3) is 0.556. The fourth-order valence-electron chi connectivity index (χ4n) is 5.56. The standard InChI is InChI=1S/C27H34N2O2S/c1-16(2)21(14-32)28-18(4)20-12-23(19-6-7-22(30-5)17(3)25(19)29-20)31-24-13-27(24)11-10-26(15-27)8-9-26/h6-7,12,14,16,24,32H,8-11,13,15H2,1-5H3/b21-14-,28-18?. The molecule has 0 amide bonds. The number of allylic oxidation sites excluding steroid dienone is 1. The molecular formula is C27H34N2O2S. The van der Waals surface area contributed by atoms with Crippen molar-refractivity contribution in [3.8, 4) is 11.5 Å². The Bertz CT molecular complexity index is 1130. The summed E-state index contributed by atoms with van der Waals surface area (Å²) in [6.07, 6.45) is 8.44. The molecule has 3 saturated carbocycles. The van der Waals surface area contributed by atoms with E-state index in [9.17, 15) is 0 Å². The Morgan fingerprint density at radius 1 is 1.22 bits per heavy atom. The van der Waals surface area contributed by atoms with Gasteiger partial charge in [0.15, 0.2) is 0 Å². The average Bonchev–Trinajstić information content (AvgIpc) is 3.64. The van der Waals surface area contributed by atoms with Gasteiger partial charge in [-0.15, -0.1) is 12.6 Å². The molecular weight excluding hydrogens is 416 g/mol. The van der Waals surface area contributed by atoms with Crippen LogP contribution in [0.5, 0.6) is 11.5 Å². The van der Waals surface area contributed by atoms with Gasteiger partial charge >= 0.3 is 0 Å². The zero-order valence-electron chi connectivity index (χ0n) is 19.9. The largest absolute Gasteiger partial charge is 0.496 e. The number of fused-ring (bicyclic) bond motifs is 1. The molecule has 0 bridgehead atoms. The Labute approximate surface area is 196 Å². The van der Waals surface area contributed by atoms with Crippen molar-refractivity contribution in [3.63, 3.8) is 0 Å². The van der Waals surface area contributed by atoms with Gasteiger partial charge in [0.05, 0.1) is 24.0 Å². The number of hydrogen-bond donors (Lipinski definition) is 1. The van der Waals surface area contributed by atoms with Gasteiger partial charge in [-0.05, 0) is 81.2 Å². The van der Waals surface area contributed by atoms with E-state index in [4.69, 9.17) is 19.5 Å². The second-order valence-corrected chi connectivity index (χ2v) is 10.8. The van der Waals surface area contributed by atoms with E-state index < -0.39 is 0 Å². The van der Waals surface area contributed by atoms with Crippen LogP contribution in [-0.2, 0) is 0 Å². The molecule has 2 spiro atoms. The number of thiol groups is 1. The van der Waals surface area contributed by atoms with Crippen molar-refractivity contribution in [2.24, 2.45) is 21.7 Å². The number of rotatable bonds is 6. The lowest BCUT2D eigenvalue weighted by Gasteiger charge is -2.16. The van der Waals surface area contributed by atoms with Gasteiger partial charge in [-0.3, -0.25) is 4.99 Å². The maximum absolute atomic E-state index is 6.73. The number of ether oxygens (including phenoxy) is 2. The van der Waals surface area contributed by atoms with Crippen LogP contribution >= 0.6 is 12.6 Å². The number of nitrogens with zero attached hydrogens (tertiary/aromatic N) is 2. The van der Waals surface area contributed by atoms with E-state index in [0.29, 0.717) is 22.9 Å². The number of benzene rings is 1. The predicted octanol–water partition coefficient (Wildman–Crippen LogP) is 6.89. The number of aryl methyl sites for hydroxylation is 1. The molecule has 0 aliphatic heterocycles. The Balaban J connectivity index is 1.54. The maximum Gasteiger partial charge on any atom is 0.131 e. The molecule has 170 valence electrons. The Kier molecular flexibility index (Phi) is 5.31. The summed E-state index contributed by atoms with van der Waals surface area (Å²) >= 11 is 4.35. The van der Waals surface area contributed by atoms with E-state index in [-0.39, 0.29) is 0 Å². The Hall–Kier alpha value is -2.01. The molecule has 3 aliphatic rings. The van der Waals surface area contributed by atoms with Gasteiger partial charge in [-0.25, -0.2) is 4.98 Å². The minimum absolute atomic E-state index is 0.295. The van der Waals surface area contributed by atoms with Crippen LogP contribution in [0.25, 0.3) is 10.9 Å². The van der Waals surface area contributed by atoms with Crippen LogP contribution in [0.2, 0.25) is 0 Å². The van der Waals surface area contributed by atoms with Gasteiger partial charge in [0, 0.05) is 28.1 Å². The molecule has 3 aliphatic carbocycles. The topological polar surface area (TPSA) is 43.7 Å². The van der Waals surface area contributed by atoms with Crippen molar-refractivity contribution >= 4 is 29.2 Å². The van der Waals surface area contributed by atoms with Gasteiger partial charge in [-0.1, -0.05) is 13.8 Å². The quantitative estimate of drug-likeness (QED) is 0.385. The first-order chi connectivity index (χ1) is 15.3. The first kappa shape index (κ1) is 21.8. The molecule has 2 aromatic rings. The first-order valence-electron chi connectivity index (χ1n) is 11.8. The Morgan fingerprint density at radius 3 is 2.59 bits per heavy atom. The Morgan fingerprint density at radius 2 is 1.97 bits per heavy atom. The number of aromatic nitrogens is 1. The molecule has 1 heterocycles. The van der Waals surface area contributed by atoms with Crippen molar-refractivity contribution in [3.05, 3.63) is 40.6 Å². The van der Waals surface area contributed by atoms with Crippen molar-refractivity contribution in [1.29, 1.82) is 0 Å². The molecule has 0 N–H and O–H groups in total. The van der Waals surface area contributed by atoms with Crippen molar-refractivity contribution in [1.82, 2.24) is 4.98 Å². The highest BCUT2D eigenvalue weighted by Gasteiger charge is 2.66. The molecule has 1 aromatic carbocycles. The SMILES string of the molecule is COc1ccc2c(OC3CC34CCC3(CC3)C4)cc(C(C)=N/C(=C\S)C(C)C)nc2c1C. The molecule has 0 radical (unpaired) electrons. The third-order valence-electron chi connectivity index (χ3n) is 7.98. The normalized spacial score (nSPS) is 26.4. The fourth-order valence-corrected chi connectivity index (χ4v) is 5.92. The first-order valence-corrected chi connectivity index (χ1v) is 12.4. The molecule has 2 atom stereocenters. The van der Waals surface area contributed by atoms with Gasteiger partial charge in [0.1, 0.15) is 17.6 Å². The van der Waals surface area contributed by atoms with Gasteiger partial charge in [0.2, 0.25) is 0 Å². The number of hydrogen-bond acceptors (Lipinski definition) is 5. The smallest absolute Gasteiger partial charge is 0.131 e. The van der Waals surface area contributed by atoms with E-state index in [0.717, 1.165) is 45.1 Å². The summed E-state index contributed by atoms with van der Waals surface area (Å²) in [6.45, 7) is 8.32. The van der Waals surface area contributed by atoms with E-state index >= 15 is 0 Å². The highest BCUT2D eigenvalue weighted by Crippen LogP contribution is 2.72. The number of pyridine rings is 1. The van der Waals surface area contributed by atoms with Crippen LogP contribution in [0.15, 0.2) is 34.3 Å². The summed E-state index contributed by atoms with van der Waals surface area (Å²) in [6, 6.07) is 6.18. The van der Waals surface area contributed by atoms with Crippen molar-refractivity contribution in [2.45, 2.75) is 72.3 Å². The van der Waals surface area contributed by atoms with Crippen LogP contribution in [0.3, 0.4) is 0 Å². The van der Waals surface area contributed by atoms with E-state index in [1.807, 2.05) is 13.0 Å². The predicted molar refractivity (Wildman–Crippen MR) is 134 cm³/mol. The minimum atomic E-state index is 0.295. The number of methoxy groups -OCH3 is 1. The second-order valence-electron chi connectivity index (χ2n) is 10.6. The molecule has 5 heteroatoms. The van der Waals surface area contributed by atoms with Crippen LogP contribution in [-0.4, -0.2) is 23.9 Å². The van der Waals surface area contributed by atoms with Gasteiger partial charge in [-0.2, -0.15) is 0 Å². The molecule has 1 aromatic heterocycles. The summed E-state index contributed by atoms with van der Waals surface area (Å²) in [5.74, 6) is 2.06. The van der Waals surface area contributed by atoms with Gasteiger partial charge < -0.3 is 9.47 Å². The summed E-state index contributed by atoms with van der Waals surface area (Å²) in [4.78, 5) is 9.83. The second kappa shape index (κ2) is 7.79. The van der Waals surface area contributed by atoms with E-state index in [1.54, 1.807) is 12.5 Å². The van der Waals surface area contributed by atoms with Crippen LogP contribution in [0.4, 0.5) is 0 Å². The van der Waals surface area contributed by atoms with Crippen molar-refractivity contribution in [2.75, 3.05) is 7.11 Å². The van der Waals surface area contributed by atoms with Crippen LogP contribution in [0, 0.1) is 23.7 Å².